The third-order valence-corrected chi connectivity index (χ3v) is 16.6. The van der Waals surface area contributed by atoms with E-state index in [1.165, 1.54) is 101 Å². The summed E-state index contributed by atoms with van der Waals surface area (Å²) in [6, 6.07) is 7.67. The zero-order chi connectivity index (χ0) is 34.3. The lowest BCUT2D eigenvalue weighted by Crippen LogP contribution is -2.68. The van der Waals surface area contributed by atoms with Crippen molar-refractivity contribution < 1.29 is 9.90 Å². The molecule has 1 saturated heterocycles. The number of benzene rings is 1. The molecule has 5 heteroatoms. The topological polar surface area (TPSA) is 55.8 Å². The Labute approximate surface area is 292 Å². The first-order valence-corrected chi connectivity index (χ1v) is 19.5. The molecule has 9 atom stereocenters. The van der Waals surface area contributed by atoms with Crippen LogP contribution < -0.4 is 5.32 Å². The van der Waals surface area contributed by atoms with Gasteiger partial charge in [-0.05, 0) is 146 Å². The minimum absolute atomic E-state index is 0.0444. The van der Waals surface area contributed by atoms with Crippen LogP contribution in [0.4, 0.5) is 0 Å². The fraction of sp³-hybridized carbons (Fsp3) is 0.744. The summed E-state index contributed by atoms with van der Waals surface area (Å²) >= 11 is 0. The Morgan fingerprint density at radius 3 is 2.27 bits per heavy atom. The summed E-state index contributed by atoms with van der Waals surface area (Å²) in [4.78, 5) is 16.7. The maximum Gasteiger partial charge on any atom is 0.335 e. The zero-order valence-corrected chi connectivity index (χ0v) is 31.3. The molecule has 1 aromatic carbocycles. The number of carbonyl (C=O) groups is 1. The molecule has 0 aromatic heterocycles. The van der Waals surface area contributed by atoms with Crippen LogP contribution in [0.5, 0.6) is 0 Å². The second-order valence-electron chi connectivity index (χ2n) is 18.8. The van der Waals surface area contributed by atoms with Crippen LogP contribution in [0, 0.1) is 51.2 Å². The van der Waals surface area contributed by atoms with Crippen molar-refractivity contribution in [1.82, 2.24) is 15.1 Å². The summed E-state index contributed by atoms with van der Waals surface area (Å²) in [7, 11) is 2.25. The first-order chi connectivity index (χ1) is 22.7. The van der Waals surface area contributed by atoms with E-state index in [-0.39, 0.29) is 16.4 Å². The molecule has 6 aliphatic rings. The molecule has 1 heterocycles. The van der Waals surface area contributed by atoms with Gasteiger partial charge >= 0.3 is 5.97 Å². The third kappa shape index (κ3) is 5.14. The Morgan fingerprint density at radius 2 is 1.60 bits per heavy atom. The van der Waals surface area contributed by atoms with E-state index >= 15 is 0 Å². The van der Waals surface area contributed by atoms with Gasteiger partial charge in [-0.1, -0.05) is 65.0 Å². The lowest BCUT2D eigenvalue weighted by atomic mass is 9.33. The monoisotopic (exact) mass is 656 g/mol. The summed E-state index contributed by atoms with van der Waals surface area (Å²) in [6.45, 7) is 27.2. The number of carboxylic acid groups (broad SMARTS) is 1. The van der Waals surface area contributed by atoms with Gasteiger partial charge in [-0.15, -0.1) is 0 Å². The summed E-state index contributed by atoms with van der Waals surface area (Å²) in [6.07, 6.45) is 14.3. The van der Waals surface area contributed by atoms with Crippen molar-refractivity contribution in [2.24, 2.45) is 51.2 Å². The fourth-order valence-corrected chi connectivity index (χ4v) is 13.9. The lowest BCUT2D eigenvalue weighted by Gasteiger charge is -2.72. The normalized spacial score (nSPS) is 42.6. The maximum atomic E-state index is 11.6. The number of carboxylic acids is 1. The summed E-state index contributed by atoms with van der Waals surface area (Å²) in [5.74, 6) is 2.59. The van der Waals surface area contributed by atoms with Crippen LogP contribution in [0.1, 0.15) is 115 Å². The summed E-state index contributed by atoms with van der Waals surface area (Å²) < 4.78 is 0. The van der Waals surface area contributed by atoms with Gasteiger partial charge < -0.3 is 15.3 Å². The standard InChI is InChI=1S/C43H65N3O2/c1-29(2)32-15-20-43(44-23-24-46-27-25-45(8)26-28-46)22-21-41(6)34(37(32)43)13-14-36-40(5)18-16-33(30-9-11-31(12-10-30)38(47)48)39(3,4)35(40)17-19-42(36,41)7/h9-12,16,32,34-37,44H,1,13-15,17-28H2,2-8H3,(H,47,48)/t32-,34+,35?,36?,37?,40-,41+,42+,43-/m0/s1. The van der Waals surface area contributed by atoms with Gasteiger partial charge in [-0.25, -0.2) is 4.79 Å². The van der Waals surface area contributed by atoms with Crippen LogP contribution in [0.2, 0.25) is 0 Å². The van der Waals surface area contributed by atoms with Gasteiger partial charge in [0.05, 0.1) is 5.56 Å². The number of nitrogens with one attached hydrogen (secondary N) is 1. The molecule has 0 radical (unpaired) electrons. The van der Waals surface area contributed by atoms with Crippen molar-refractivity contribution in [3.8, 4) is 0 Å². The number of aromatic carboxylic acids is 1. The minimum atomic E-state index is -0.852. The van der Waals surface area contributed by atoms with Crippen molar-refractivity contribution in [1.29, 1.82) is 0 Å². The molecule has 4 saturated carbocycles. The van der Waals surface area contributed by atoms with E-state index in [9.17, 15) is 9.90 Å². The molecule has 0 spiro atoms. The van der Waals surface area contributed by atoms with Gasteiger partial charge in [0.15, 0.2) is 0 Å². The molecule has 5 nitrogen and oxygen atoms in total. The van der Waals surface area contributed by atoms with E-state index in [2.05, 4.69) is 76.4 Å². The third-order valence-electron chi connectivity index (χ3n) is 16.6. The molecular formula is C43H65N3O2. The highest BCUT2D eigenvalue weighted by Crippen LogP contribution is 2.76. The molecule has 0 amide bonds. The first-order valence-electron chi connectivity index (χ1n) is 19.5. The maximum absolute atomic E-state index is 11.6. The molecule has 5 aliphatic carbocycles. The van der Waals surface area contributed by atoms with Crippen LogP contribution in [-0.2, 0) is 0 Å². The average Bonchev–Trinajstić information content (AvgIpc) is 3.42. The van der Waals surface area contributed by atoms with Gasteiger partial charge in [0.2, 0.25) is 0 Å². The minimum Gasteiger partial charge on any atom is -0.478 e. The first kappa shape index (κ1) is 34.5. The largest absolute Gasteiger partial charge is 0.478 e. The van der Waals surface area contributed by atoms with Crippen LogP contribution in [0.15, 0.2) is 42.5 Å². The predicted octanol–water partition coefficient (Wildman–Crippen LogP) is 8.63. The molecule has 7 rings (SSSR count). The zero-order valence-electron chi connectivity index (χ0n) is 31.3. The number of allylic oxidation sites excluding steroid dienone is 3. The number of nitrogens with zero attached hydrogens (tertiary/aromatic N) is 2. The van der Waals surface area contributed by atoms with E-state index < -0.39 is 5.97 Å². The van der Waals surface area contributed by atoms with Crippen molar-refractivity contribution in [3.05, 3.63) is 53.6 Å². The average molecular weight is 656 g/mol. The highest BCUT2D eigenvalue weighted by atomic mass is 16.4. The van der Waals surface area contributed by atoms with E-state index in [0.29, 0.717) is 34.1 Å². The Hall–Kier alpha value is -1.95. The molecule has 48 heavy (non-hydrogen) atoms. The fourth-order valence-electron chi connectivity index (χ4n) is 13.9. The Kier molecular flexibility index (Phi) is 8.69. The molecular weight excluding hydrogens is 590 g/mol. The van der Waals surface area contributed by atoms with Gasteiger partial charge in [0.1, 0.15) is 0 Å². The second kappa shape index (κ2) is 12.1. The quantitative estimate of drug-likeness (QED) is 0.288. The Bertz CT molecular complexity index is 1440. The van der Waals surface area contributed by atoms with Gasteiger partial charge in [0, 0.05) is 44.8 Å². The van der Waals surface area contributed by atoms with Crippen molar-refractivity contribution in [2.75, 3.05) is 46.3 Å². The lowest BCUT2D eigenvalue weighted by molar-refractivity contribution is -0.219. The summed E-state index contributed by atoms with van der Waals surface area (Å²) in [5, 5.41) is 13.8. The van der Waals surface area contributed by atoms with E-state index in [0.717, 1.165) is 24.8 Å². The SMILES string of the molecule is C=C(C)[C@@H]1CC[C@]2(NCCN3CCN(C)CC3)CC[C@]3(C)[C@H](CCC4[C@@]5(C)CC=C(c6ccc(C(=O)O)cc6)C(C)(C)C5CC[C@]43C)C12. The number of hydrogen-bond donors (Lipinski definition) is 2. The summed E-state index contributed by atoms with van der Waals surface area (Å²) in [5.41, 5.74) is 5.68. The molecule has 0 bridgehead atoms. The number of likely N-dealkylation sites (N-methyl/N-ethyl adjacent to an activating group) is 1. The van der Waals surface area contributed by atoms with E-state index in [4.69, 9.17) is 0 Å². The number of piperazine rings is 1. The molecule has 3 unspecified atom stereocenters. The van der Waals surface area contributed by atoms with Crippen molar-refractivity contribution >= 4 is 11.5 Å². The predicted molar refractivity (Wildman–Crippen MR) is 198 cm³/mol. The Morgan fingerprint density at radius 1 is 0.896 bits per heavy atom. The van der Waals surface area contributed by atoms with E-state index in [1.54, 1.807) is 12.1 Å². The van der Waals surface area contributed by atoms with Crippen molar-refractivity contribution in [2.45, 2.75) is 105 Å². The number of hydrogen-bond acceptors (Lipinski definition) is 4. The van der Waals surface area contributed by atoms with Crippen LogP contribution >= 0.6 is 0 Å². The highest BCUT2D eigenvalue weighted by Gasteiger charge is 2.70. The molecule has 1 aliphatic heterocycles. The molecule has 264 valence electrons. The van der Waals surface area contributed by atoms with E-state index in [1.807, 2.05) is 12.1 Å². The Balaban J connectivity index is 1.15. The van der Waals surface area contributed by atoms with Crippen LogP contribution in [-0.4, -0.2) is 72.7 Å². The smallest absolute Gasteiger partial charge is 0.335 e. The number of rotatable bonds is 7. The molecule has 2 N–H and O–H groups in total. The number of fused-ring (bicyclic) bond motifs is 7. The second-order valence-corrected chi connectivity index (χ2v) is 18.8. The van der Waals surface area contributed by atoms with Gasteiger partial charge in [-0.2, -0.15) is 0 Å². The van der Waals surface area contributed by atoms with Crippen molar-refractivity contribution in [3.63, 3.8) is 0 Å². The molecule has 1 aromatic rings. The van der Waals surface area contributed by atoms with Crippen LogP contribution in [0.3, 0.4) is 0 Å². The van der Waals surface area contributed by atoms with Gasteiger partial charge in [0.25, 0.3) is 0 Å². The highest BCUT2D eigenvalue weighted by molar-refractivity contribution is 5.88. The van der Waals surface area contributed by atoms with Crippen LogP contribution in [0.25, 0.3) is 5.57 Å². The van der Waals surface area contributed by atoms with Gasteiger partial charge in [-0.3, -0.25) is 4.90 Å². The molecule has 5 fully saturated rings.